The molecule has 6 nitrogen and oxygen atoms in total. The average molecular weight is 348 g/mol. The minimum atomic E-state index is 0.156. The summed E-state index contributed by atoms with van der Waals surface area (Å²) < 4.78 is 5.33. The number of hydrogen-bond acceptors (Lipinski definition) is 5. The topological polar surface area (TPSA) is 66.3 Å². The van der Waals surface area contributed by atoms with E-state index in [0.717, 1.165) is 50.3 Å². The molecule has 1 saturated heterocycles. The van der Waals surface area contributed by atoms with Crippen molar-refractivity contribution in [1.29, 1.82) is 0 Å². The van der Waals surface area contributed by atoms with E-state index < -0.39 is 0 Å². The molecule has 0 unspecified atom stereocenters. The van der Waals surface area contributed by atoms with Crippen LogP contribution in [0.3, 0.4) is 0 Å². The predicted octanol–water partition coefficient (Wildman–Crippen LogP) is 2.26. The number of morpholine rings is 1. The van der Waals surface area contributed by atoms with Crippen LogP contribution in [0.5, 0.6) is 0 Å². The van der Waals surface area contributed by atoms with Crippen LogP contribution in [0.15, 0.2) is 21.9 Å². The molecule has 140 valence electrons. The summed E-state index contributed by atoms with van der Waals surface area (Å²) >= 11 is 0. The van der Waals surface area contributed by atoms with Gasteiger partial charge in [0.1, 0.15) is 5.82 Å². The SMILES string of the molecule is C=N/C(=C\C(=N/C)C(C)C)N[C@H]1CC[C@@H](C(=O)N2CCOCC2)CC1. The van der Waals surface area contributed by atoms with Crippen molar-refractivity contribution >= 4 is 18.3 Å². The number of nitrogens with zero attached hydrogens (tertiary/aromatic N) is 3. The van der Waals surface area contributed by atoms with Gasteiger partial charge in [0.05, 0.1) is 13.2 Å². The Bertz CT molecular complexity index is 514. The fraction of sp³-hybridized carbons (Fsp3) is 0.737. The van der Waals surface area contributed by atoms with Crippen LogP contribution in [0.4, 0.5) is 0 Å². The average Bonchev–Trinajstić information content (AvgIpc) is 2.65. The van der Waals surface area contributed by atoms with Gasteiger partial charge in [-0.3, -0.25) is 9.79 Å². The van der Waals surface area contributed by atoms with Crippen molar-refractivity contribution < 1.29 is 9.53 Å². The zero-order chi connectivity index (χ0) is 18.2. The number of hydrogen-bond donors (Lipinski definition) is 1. The Balaban J connectivity index is 1.85. The van der Waals surface area contributed by atoms with Crippen molar-refractivity contribution in [2.24, 2.45) is 21.8 Å². The van der Waals surface area contributed by atoms with Crippen LogP contribution in [0, 0.1) is 11.8 Å². The lowest BCUT2D eigenvalue weighted by atomic mass is 9.85. The number of ether oxygens (including phenoxy) is 1. The molecule has 25 heavy (non-hydrogen) atoms. The number of nitrogens with one attached hydrogen (secondary N) is 1. The molecule has 0 bridgehead atoms. The van der Waals surface area contributed by atoms with Crippen LogP contribution in [0.2, 0.25) is 0 Å². The third-order valence-corrected chi connectivity index (χ3v) is 5.06. The van der Waals surface area contributed by atoms with Gasteiger partial charge in [0, 0.05) is 43.9 Å². The van der Waals surface area contributed by atoms with Crippen molar-refractivity contribution in [2.45, 2.75) is 45.6 Å². The van der Waals surface area contributed by atoms with Gasteiger partial charge < -0.3 is 15.0 Å². The van der Waals surface area contributed by atoms with Gasteiger partial charge in [0.15, 0.2) is 0 Å². The molecule has 0 aromatic rings. The van der Waals surface area contributed by atoms with Crippen LogP contribution >= 0.6 is 0 Å². The number of amides is 1. The third kappa shape index (κ3) is 5.66. The maximum Gasteiger partial charge on any atom is 0.225 e. The quantitative estimate of drug-likeness (QED) is 0.749. The summed E-state index contributed by atoms with van der Waals surface area (Å²) in [6.45, 7) is 10.7. The Hall–Kier alpha value is -1.69. The Morgan fingerprint density at radius 3 is 2.40 bits per heavy atom. The molecule has 6 heteroatoms. The predicted molar refractivity (Wildman–Crippen MR) is 102 cm³/mol. The van der Waals surface area contributed by atoms with Crippen LogP contribution in [-0.4, -0.2) is 62.6 Å². The van der Waals surface area contributed by atoms with Crippen molar-refractivity contribution in [1.82, 2.24) is 10.2 Å². The highest BCUT2D eigenvalue weighted by molar-refractivity contribution is 5.96. The fourth-order valence-electron chi connectivity index (χ4n) is 3.50. The van der Waals surface area contributed by atoms with Crippen molar-refractivity contribution in [2.75, 3.05) is 33.4 Å². The number of allylic oxidation sites excluding steroid dienone is 1. The van der Waals surface area contributed by atoms with Gasteiger partial charge in [0.25, 0.3) is 0 Å². The second-order valence-corrected chi connectivity index (χ2v) is 7.12. The lowest BCUT2D eigenvalue weighted by Crippen LogP contribution is -2.45. The molecule has 1 aliphatic heterocycles. The maximum atomic E-state index is 12.6. The number of aliphatic imine (C=N–C) groups is 2. The van der Waals surface area contributed by atoms with E-state index in [-0.39, 0.29) is 5.92 Å². The van der Waals surface area contributed by atoms with Gasteiger partial charge >= 0.3 is 0 Å². The Kier molecular flexibility index (Phi) is 7.62. The van der Waals surface area contributed by atoms with Gasteiger partial charge in [0.2, 0.25) is 5.91 Å². The van der Waals surface area contributed by atoms with Gasteiger partial charge in [-0.1, -0.05) is 13.8 Å². The molecular weight excluding hydrogens is 316 g/mol. The molecule has 1 N–H and O–H groups in total. The van der Waals surface area contributed by atoms with Crippen LogP contribution in [0.1, 0.15) is 39.5 Å². The van der Waals surface area contributed by atoms with Crippen molar-refractivity contribution in [3.05, 3.63) is 11.9 Å². The third-order valence-electron chi connectivity index (χ3n) is 5.06. The summed E-state index contributed by atoms with van der Waals surface area (Å²) in [6, 6.07) is 0.343. The van der Waals surface area contributed by atoms with E-state index >= 15 is 0 Å². The molecule has 0 aromatic carbocycles. The summed E-state index contributed by atoms with van der Waals surface area (Å²) in [5.74, 6) is 1.59. The largest absolute Gasteiger partial charge is 0.378 e. The molecular formula is C19H32N4O2. The zero-order valence-electron chi connectivity index (χ0n) is 15.8. The van der Waals surface area contributed by atoms with Crippen LogP contribution < -0.4 is 5.32 Å². The highest BCUT2D eigenvalue weighted by atomic mass is 16.5. The van der Waals surface area contributed by atoms with E-state index in [1.54, 1.807) is 7.05 Å². The minimum absolute atomic E-state index is 0.156. The van der Waals surface area contributed by atoms with Gasteiger partial charge in [-0.15, -0.1) is 0 Å². The fourth-order valence-corrected chi connectivity index (χ4v) is 3.50. The standard InChI is InChI=1S/C19H32N4O2/c1-14(2)17(20-3)13-18(21-4)22-16-7-5-15(6-8-16)19(24)23-9-11-25-12-10-23/h13-16,22H,4-12H2,1-3H3/b18-13+,20-17+/t15-,16+. The lowest BCUT2D eigenvalue weighted by molar-refractivity contribution is -0.140. The molecule has 0 aromatic heterocycles. The summed E-state index contributed by atoms with van der Waals surface area (Å²) in [4.78, 5) is 23.0. The highest BCUT2D eigenvalue weighted by Crippen LogP contribution is 2.27. The van der Waals surface area contributed by atoms with E-state index in [2.05, 4.69) is 35.9 Å². The second-order valence-electron chi connectivity index (χ2n) is 7.12. The van der Waals surface area contributed by atoms with Crippen LogP contribution in [0.25, 0.3) is 0 Å². The molecule has 2 fully saturated rings. The van der Waals surface area contributed by atoms with Crippen molar-refractivity contribution in [3.63, 3.8) is 0 Å². The summed E-state index contributed by atoms with van der Waals surface area (Å²) in [5.41, 5.74) is 1.01. The first kappa shape index (κ1) is 19.6. The molecule has 0 radical (unpaired) electrons. The summed E-state index contributed by atoms with van der Waals surface area (Å²) in [6.07, 6.45) is 5.79. The minimum Gasteiger partial charge on any atom is -0.378 e. The first-order valence-electron chi connectivity index (χ1n) is 9.33. The molecule has 1 aliphatic carbocycles. The number of rotatable bonds is 6. The summed E-state index contributed by atoms with van der Waals surface area (Å²) in [5, 5.41) is 3.47. The van der Waals surface area contributed by atoms with Gasteiger partial charge in [-0.05, 0) is 38.3 Å². The Labute approximate surface area is 151 Å². The Morgan fingerprint density at radius 1 is 1.24 bits per heavy atom. The van der Waals surface area contributed by atoms with Crippen molar-refractivity contribution in [3.8, 4) is 0 Å². The number of carbonyl (C=O) groups excluding carboxylic acids is 1. The molecule has 2 rings (SSSR count). The summed E-state index contributed by atoms with van der Waals surface area (Å²) in [7, 11) is 1.80. The second kappa shape index (κ2) is 9.70. The molecule has 0 spiro atoms. The maximum absolute atomic E-state index is 12.6. The smallest absolute Gasteiger partial charge is 0.225 e. The highest BCUT2D eigenvalue weighted by Gasteiger charge is 2.30. The zero-order valence-corrected chi connectivity index (χ0v) is 15.8. The van der Waals surface area contributed by atoms with E-state index in [4.69, 9.17) is 4.74 Å². The molecule has 1 saturated carbocycles. The van der Waals surface area contributed by atoms with E-state index in [0.29, 0.717) is 31.1 Å². The number of carbonyl (C=O) groups is 1. The van der Waals surface area contributed by atoms with E-state index in [1.807, 2.05) is 11.0 Å². The van der Waals surface area contributed by atoms with E-state index in [9.17, 15) is 4.79 Å². The lowest BCUT2D eigenvalue weighted by Gasteiger charge is -2.34. The van der Waals surface area contributed by atoms with Gasteiger partial charge in [-0.25, -0.2) is 4.99 Å². The van der Waals surface area contributed by atoms with Gasteiger partial charge in [-0.2, -0.15) is 0 Å². The first-order chi connectivity index (χ1) is 12.0. The molecule has 2 aliphatic rings. The first-order valence-corrected chi connectivity index (χ1v) is 9.33. The molecule has 1 amide bonds. The van der Waals surface area contributed by atoms with E-state index in [1.165, 1.54) is 0 Å². The Morgan fingerprint density at radius 2 is 1.88 bits per heavy atom. The van der Waals surface area contributed by atoms with Crippen LogP contribution in [-0.2, 0) is 9.53 Å². The molecule has 0 atom stereocenters. The molecule has 1 heterocycles. The normalized spacial score (nSPS) is 25.8. The monoisotopic (exact) mass is 348 g/mol.